The second-order valence-corrected chi connectivity index (χ2v) is 10.4. The zero-order valence-electron chi connectivity index (χ0n) is 20.0. The van der Waals surface area contributed by atoms with Crippen LogP contribution in [-0.2, 0) is 14.3 Å². The molecule has 0 spiro atoms. The van der Waals surface area contributed by atoms with E-state index in [1.54, 1.807) is 53.7 Å². The van der Waals surface area contributed by atoms with Crippen LogP contribution in [0.5, 0.6) is 0 Å². The molecular formula is C22H30Cl2N2O8. The Hall–Kier alpha value is -2.59. The molecule has 0 aliphatic heterocycles. The van der Waals surface area contributed by atoms with E-state index < -0.39 is 52.8 Å². The van der Waals surface area contributed by atoms with Crippen LogP contribution in [0.3, 0.4) is 0 Å². The summed E-state index contributed by atoms with van der Waals surface area (Å²) in [5, 5.41) is 21.4. The quantitative estimate of drug-likeness (QED) is 0.337. The standard InChI is InChI=1S/C22H30Cl2N2O8/c1-21(2,3)33-19(29)26(20(30)34-22(4,5)6)16(18(27)28)11-10-13(12-25(31)32)14-8-7-9-15(23)17(14)24/h7-9,13,16H,10-12H2,1-6H3,(H,27,28)/t13?,16-/m1/s1. The summed E-state index contributed by atoms with van der Waals surface area (Å²) in [5.74, 6) is -2.34. The van der Waals surface area contributed by atoms with E-state index in [0.717, 1.165) is 0 Å². The summed E-state index contributed by atoms with van der Waals surface area (Å²) in [7, 11) is 0. The van der Waals surface area contributed by atoms with Crippen LogP contribution >= 0.6 is 23.2 Å². The van der Waals surface area contributed by atoms with Crippen LogP contribution in [0.15, 0.2) is 18.2 Å². The highest BCUT2D eigenvalue weighted by atomic mass is 35.5. The van der Waals surface area contributed by atoms with Crippen LogP contribution in [0.4, 0.5) is 9.59 Å². The zero-order chi connectivity index (χ0) is 26.4. The van der Waals surface area contributed by atoms with E-state index in [1.807, 2.05) is 0 Å². The summed E-state index contributed by atoms with van der Waals surface area (Å²) >= 11 is 12.3. The number of hydrogen-bond donors (Lipinski definition) is 1. The lowest BCUT2D eigenvalue weighted by Gasteiger charge is -2.32. The van der Waals surface area contributed by atoms with Gasteiger partial charge >= 0.3 is 18.2 Å². The fourth-order valence-corrected chi connectivity index (χ4v) is 3.50. The lowest BCUT2D eigenvalue weighted by atomic mass is 9.92. The van der Waals surface area contributed by atoms with E-state index in [-0.39, 0.29) is 22.9 Å². The van der Waals surface area contributed by atoms with Gasteiger partial charge in [0.1, 0.15) is 17.2 Å². The Kier molecular flexibility index (Phi) is 10.1. The van der Waals surface area contributed by atoms with Crippen molar-refractivity contribution in [3.8, 4) is 0 Å². The minimum Gasteiger partial charge on any atom is -0.480 e. The first-order chi connectivity index (χ1) is 15.4. The topological polar surface area (TPSA) is 136 Å². The van der Waals surface area contributed by atoms with Crippen LogP contribution in [-0.4, -0.2) is 56.9 Å². The van der Waals surface area contributed by atoms with Gasteiger partial charge in [0.05, 0.1) is 16.0 Å². The van der Waals surface area contributed by atoms with Crippen LogP contribution in [0.1, 0.15) is 65.9 Å². The molecule has 0 saturated heterocycles. The van der Waals surface area contributed by atoms with Crippen molar-refractivity contribution in [1.82, 2.24) is 4.90 Å². The molecule has 1 N–H and O–H groups in total. The molecule has 10 nitrogen and oxygen atoms in total. The Morgan fingerprint density at radius 2 is 1.53 bits per heavy atom. The predicted molar refractivity (Wildman–Crippen MR) is 126 cm³/mol. The van der Waals surface area contributed by atoms with Gasteiger partial charge in [-0.2, -0.15) is 4.90 Å². The van der Waals surface area contributed by atoms with Crippen molar-refractivity contribution in [3.05, 3.63) is 43.9 Å². The van der Waals surface area contributed by atoms with E-state index in [0.29, 0.717) is 10.5 Å². The smallest absolute Gasteiger partial charge is 0.420 e. The first-order valence-electron chi connectivity index (χ1n) is 10.5. The molecule has 0 bridgehead atoms. The fraction of sp³-hybridized carbons (Fsp3) is 0.591. The maximum absolute atomic E-state index is 12.8. The van der Waals surface area contributed by atoms with Gasteiger partial charge in [-0.3, -0.25) is 10.1 Å². The average Bonchev–Trinajstić information content (AvgIpc) is 2.62. The Labute approximate surface area is 208 Å². The van der Waals surface area contributed by atoms with Crippen LogP contribution in [0, 0.1) is 10.1 Å². The molecule has 1 rings (SSSR count). The molecule has 34 heavy (non-hydrogen) atoms. The third-order valence-electron chi connectivity index (χ3n) is 4.36. The molecular weight excluding hydrogens is 491 g/mol. The first kappa shape index (κ1) is 29.4. The molecule has 0 heterocycles. The zero-order valence-corrected chi connectivity index (χ0v) is 21.5. The Morgan fingerprint density at radius 1 is 1.03 bits per heavy atom. The van der Waals surface area contributed by atoms with Crippen LogP contribution in [0.2, 0.25) is 10.0 Å². The molecule has 1 unspecified atom stereocenters. The number of benzene rings is 1. The number of carboxylic acids is 1. The molecule has 0 aliphatic carbocycles. The monoisotopic (exact) mass is 520 g/mol. The van der Waals surface area contributed by atoms with Crippen LogP contribution < -0.4 is 0 Å². The van der Waals surface area contributed by atoms with Gasteiger partial charge in [0.25, 0.3) is 0 Å². The van der Waals surface area contributed by atoms with Crippen molar-refractivity contribution < 1.29 is 33.9 Å². The number of amides is 2. The van der Waals surface area contributed by atoms with Crippen molar-refractivity contribution in [2.24, 2.45) is 0 Å². The molecule has 1 aromatic rings. The molecule has 2 atom stereocenters. The van der Waals surface area contributed by atoms with Gasteiger partial charge in [0, 0.05) is 4.92 Å². The highest BCUT2D eigenvalue weighted by Gasteiger charge is 2.41. The van der Waals surface area contributed by atoms with Gasteiger partial charge in [-0.15, -0.1) is 0 Å². The van der Waals surface area contributed by atoms with Crippen molar-refractivity contribution in [1.29, 1.82) is 0 Å². The molecule has 0 aliphatic rings. The lowest BCUT2D eigenvalue weighted by Crippen LogP contribution is -2.52. The fourth-order valence-electron chi connectivity index (χ4n) is 3.03. The van der Waals surface area contributed by atoms with Crippen molar-refractivity contribution >= 4 is 41.4 Å². The van der Waals surface area contributed by atoms with Crippen molar-refractivity contribution in [2.45, 2.75) is 77.5 Å². The van der Waals surface area contributed by atoms with E-state index >= 15 is 0 Å². The van der Waals surface area contributed by atoms with Crippen molar-refractivity contribution in [2.75, 3.05) is 6.54 Å². The van der Waals surface area contributed by atoms with Gasteiger partial charge < -0.3 is 14.6 Å². The van der Waals surface area contributed by atoms with Gasteiger partial charge in [-0.1, -0.05) is 35.3 Å². The lowest BCUT2D eigenvalue weighted by molar-refractivity contribution is -0.483. The summed E-state index contributed by atoms with van der Waals surface area (Å²) in [5.41, 5.74) is -1.69. The maximum atomic E-state index is 12.8. The number of nitrogens with zero attached hydrogens (tertiary/aromatic N) is 2. The number of aliphatic carboxylic acids is 1. The predicted octanol–water partition coefficient (Wildman–Crippen LogP) is 5.76. The summed E-state index contributed by atoms with van der Waals surface area (Å²) in [6, 6.07) is 2.93. The normalized spacial score (nSPS) is 13.5. The summed E-state index contributed by atoms with van der Waals surface area (Å²) < 4.78 is 10.5. The van der Waals surface area contributed by atoms with Gasteiger partial charge in [-0.05, 0) is 66.0 Å². The second-order valence-electron chi connectivity index (χ2n) is 9.62. The molecule has 2 amide bonds. The highest BCUT2D eigenvalue weighted by molar-refractivity contribution is 6.42. The highest BCUT2D eigenvalue weighted by Crippen LogP contribution is 2.34. The molecule has 190 valence electrons. The summed E-state index contributed by atoms with van der Waals surface area (Å²) in [4.78, 5) is 48.9. The van der Waals surface area contributed by atoms with E-state index in [4.69, 9.17) is 32.7 Å². The molecule has 0 saturated carbocycles. The van der Waals surface area contributed by atoms with Gasteiger partial charge in [0.15, 0.2) is 0 Å². The minimum absolute atomic E-state index is 0.0971. The molecule has 12 heteroatoms. The minimum atomic E-state index is -1.71. The number of imide groups is 1. The number of nitro groups is 1. The van der Waals surface area contributed by atoms with Gasteiger partial charge in [0.2, 0.25) is 6.54 Å². The SMILES string of the molecule is CC(C)(C)OC(=O)N(C(=O)OC(C)(C)C)[C@H](CCC(C[N+](=O)[O-])c1cccc(Cl)c1Cl)C(=O)O. The first-order valence-corrected chi connectivity index (χ1v) is 11.2. The summed E-state index contributed by atoms with van der Waals surface area (Å²) in [6.07, 6.45) is -2.84. The third kappa shape index (κ3) is 9.34. The second kappa shape index (κ2) is 11.7. The number of carbonyl (C=O) groups excluding carboxylic acids is 2. The number of carboxylic acid groups (broad SMARTS) is 1. The Bertz CT molecular complexity index is 896. The summed E-state index contributed by atoms with van der Waals surface area (Å²) in [6.45, 7) is 8.78. The third-order valence-corrected chi connectivity index (χ3v) is 5.19. The average molecular weight is 521 g/mol. The van der Waals surface area contributed by atoms with Crippen LogP contribution in [0.25, 0.3) is 0 Å². The number of halogens is 2. The number of rotatable bonds is 8. The van der Waals surface area contributed by atoms with E-state index in [1.165, 1.54) is 6.07 Å². The van der Waals surface area contributed by atoms with E-state index in [2.05, 4.69) is 0 Å². The number of hydrogen-bond acceptors (Lipinski definition) is 7. The number of ether oxygens (including phenoxy) is 2. The largest absolute Gasteiger partial charge is 0.480 e. The molecule has 0 radical (unpaired) electrons. The van der Waals surface area contributed by atoms with E-state index in [9.17, 15) is 29.6 Å². The molecule has 0 fully saturated rings. The maximum Gasteiger partial charge on any atom is 0.420 e. The molecule has 0 aromatic heterocycles. The number of carbonyl (C=O) groups is 3. The van der Waals surface area contributed by atoms with Crippen molar-refractivity contribution in [3.63, 3.8) is 0 Å². The molecule has 1 aromatic carbocycles. The van der Waals surface area contributed by atoms with Gasteiger partial charge in [-0.25, -0.2) is 14.4 Å². The Balaban J connectivity index is 3.34. The Morgan fingerprint density at radius 3 is 1.94 bits per heavy atom.